The summed E-state index contributed by atoms with van der Waals surface area (Å²) in [4.78, 5) is 8.38. The molecule has 0 saturated carbocycles. The molecule has 0 spiro atoms. The van der Waals surface area contributed by atoms with Crippen LogP contribution in [0.2, 0.25) is 0 Å². The summed E-state index contributed by atoms with van der Waals surface area (Å²) in [6.45, 7) is 7.53. The lowest BCUT2D eigenvalue weighted by molar-refractivity contribution is 0.383. The van der Waals surface area contributed by atoms with Crippen LogP contribution < -0.4 is 10.1 Å². The largest absolute Gasteiger partial charge is 0.481 e. The Morgan fingerprint density at radius 2 is 2.12 bits per heavy atom. The Labute approximate surface area is 104 Å². The number of aromatic nitrogens is 2. The molecule has 0 fully saturated rings. The number of hydrogen-bond acceptors (Lipinski definition) is 4. The van der Waals surface area contributed by atoms with E-state index in [2.05, 4.69) is 36.1 Å². The van der Waals surface area contributed by atoms with Gasteiger partial charge in [-0.05, 0) is 18.9 Å². The van der Waals surface area contributed by atoms with Crippen LogP contribution in [0.5, 0.6) is 5.88 Å². The number of hydrogen-bond donors (Lipinski definition) is 1. The quantitative estimate of drug-likeness (QED) is 0.791. The predicted octanol–water partition coefficient (Wildman–Crippen LogP) is 2.57. The van der Waals surface area contributed by atoms with Crippen LogP contribution in [-0.4, -0.2) is 23.6 Å². The zero-order chi connectivity index (χ0) is 12.7. The van der Waals surface area contributed by atoms with Gasteiger partial charge < -0.3 is 10.1 Å². The molecule has 1 rings (SSSR count). The van der Waals surface area contributed by atoms with Crippen molar-refractivity contribution in [2.24, 2.45) is 5.92 Å². The van der Waals surface area contributed by atoms with E-state index in [4.69, 9.17) is 4.74 Å². The predicted molar refractivity (Wildman–Crippen MR) is 69.1 cm³/mol. The molecule has 2 unspecified atom stereocenters. The molecular formula is C13H23N3O. The Bertz CT molecular complexity index is 330. The van der Waals surface area contributed by atoms with E-state index in [9.17, 15) is 0 Å². The Kier molecular flexibility index (Phi) is 5.91. The monoisotopic (exact) mass is 237 g/mol. The van der Waals surface area contributed by atoms with Gasteiger partial charge in [-0.3, -0.25) is 0 Å². The second kappa shape index (κ2) is 7.22. The third-order valence-electron chi connectivity index (χ3n) is 3.01. The summed E-state index contributed by atoms with van der Waals surface area (Å²) >= 11 is 0. The topological polar surface area (TPSA) is 47.0 Å². The fourth-order valence-electron chi connectivity index (χ4n) is 1.78. The van der Waals surface area contributed by atoms with Gasteiger partial charge in [-0.1, -0.05) is 27.2 Å². The molecule has 4 heteroatoms. The Hall–Kier alpha value is -1.16. The van der Waals surface area contributed by atoms with Gasteiger partial charge in [0.1, 0.15) is 6.33 Å². The van der Waals surface area contributed by atoms with Crippen LogP contribution in [0.3, 0.4) is 0 Å². The van der Waals surface area contributed by atoms with Gasteiger partial charge in [-0.25, -0.2) is 9.97 Å². The van der Waals surface area contributed by atoms with Crippen LogP contribution in [0.1, 0.15) is 45.3 Å². The first-order valence-electron chi connectivity index (χ1n) is 6.30. The molecule has 0 saturated heterocycles. The second-order valence-corrected chi connectivity index (χ2v) is 4.34. The Morgan fingerprint density at radius 1 is 1.35 bits per heavy atom. The van der Waals surface area contributed by atoms with Gasteiger partial charge in [0.05, 0.1) is 12.8 Å². The summed E-state index contributed by atoms with van der Waals surface area (Å²) in [5.41, 5.74) is 1.01. The summed E-state index contributed by atoms with van der Waals surface area (Å²) in [6, 6.07) is 2.20. The maximum Gasteiger partial charge on any atom is 0.216 e. The highest BCUT2D eigenvalue weighted by Gasteiger charge is 2.15. The van der Waals surface area contributed by atoms with E-state index < -0.39 is 0 Å². The van der Waals surface area contributed by atoms with Gasteiger partial charge in [0.15, 0.2) is 0 Å². The van der Waals surface area contributed by atoms with E-state index in [1.54, 1.807) is 13.4 Å². The summed E-state index contributed by atoms with van der Waals surface area (Å²) in [6.07, 6.45) is 3.84. The fraction of sp³-hybridized carbons (Fsp3) is 0.692. The minimum Gasteiger partial charge on any atom is -0.481 e. The van der Waals surface area contributed by atoms with Crippen molar-refractivity contribution in [1.82, 2.24) is 15.3 Å². The van der Waals surface area contributed by atoms with Crippen molar-refractivity contribution in [2.75, 3.05) is 13.7 Å². The van der Waals surface area contributed by atoms with Crippen LogP contribution in [0.15, 0.2) is 12.4 Å². The maximum atomic E-state index is 5.14. The molecule has 0 aliphatic rings. The van der Waals surface area contributed by atoms with Gasteiger partial charge in [-0.2, -0.15) is 0 Å². The first-order valence-corrected chi connectivity index (χ1v) is 6.30. The molecule has 1 aromatic rings. The minimum absolute atomic E-state index is 0.284. The van der Waals surface area contributed by atoms with E-state index >= 15 is 0 Å². The molecule has 2 atom stereocenters. The number of nitrogens with zero attached hydrogens (tertiary/aromatic N) is 2. The van der Waals surface area contributed by atoms with Crippen molar-refractivity contribution in [1.29, 1.82) is 0 Å². The van der Waals surface area contributed by atoms with E-state index in [-0.39, 0.29) is 6.04 Å². The Balaban J connectivity index is 2.80. The SMILES string of the molecule is CCNC(CC(C)CC)c1cc(OC)ncn1. The van der Waals surface area contributed by atoms with Crippen molar-refractivity contribution >= 4 is 0 Å². The molecule has 0 aromatic carbocycles. The van der Waals surface area contributed by atoms with Crippen molar-refractivity contribution in [2.45, 2.75) is 39.7 Å². The van der Waals surface area contributed by atoms with Gasteiger partial charge >= 0.3 is 0 Å². The number of rotatable bonds is 7. The van der Waals surface area contributed by atoms with Gasteiger partial charge in [0.25, 0.3) is 0 Å². The van der Waals surface area contributed by atoms with E-state index in [1.807, 2.05) is 6.07 Å². The molecule has 0 aliphatic heterocycles. The number of methoxy groups -OCH3 is 1. The van der Waals surface area contributed by atoms with Crippen LogP contribution in [0, 0.1) is 5.92 Å². The average molecular weight is 237 g/mol. The van der Waals surface area contributed by atoms with Crippen LogP contribution in [0.25, 0.3) is 0 Å². The number of nitrogens with one attached hydrogen (secondary N) is 1. The third kappa shape index (κ3) is 4.30. The maximum absolute atomic E-state index is 5.14. The molecule has 4 nitrogen and oxygen atoms in total. The fourth-order valence-corrected chi connectivity index (χ4v) is 1.78. The molecule has 1 heterocycles. The van der Waals surface area contributed by atoms with E-state index in [0.717, 1.165) is 18.7 Å². The first-order chi connectivity index (χ1) is 8.21. The van der Waals surface area contributed by atoms with E-state index in [1.165, 1.54) is 6.42 Å². The molecule has 0 aliphatic carbocycles. The van der Waals surface area contributed by atoms with Crippen molar-refractivity contribution in [3.8, 4) is 5.88 Å². The molecule has 1 aromatic heterocycles. The lowest BCUT2D eigenvalue weighted by Gasteiger charge is -2.20. The van der Waals surface area contributed by atoms with Gasteiger partial charge in [0, 0.05) is 12.1 Å². The summed E-state index contributed by atoms with van der Waals surface area (Å²) in [5.74, 6) is 1.31. The highest BCUT2D eigenvalue weighted by Crippen LogP contribution is 2.22. The first kappa shape index (κ1) is 13.9. The van der Waals surface area contributed by atoms with Crippen LogP contribution in [0.4, 0.5) is 0 Å². The van der Waals surface area contributed by atoms with Crippen LogP contribution >= 0.6 is 0 Å². The molecule has 0 amide bonds. The van der Waals surface area contributed by atoms with Gasteiger partial charge in [0.2, 0.25) is 5.88 Å². The smallest absolute Gasteiger partial charge is 0.216 e. The summed E-state index contributed by atoms with van der Waals surface area (Å²) in [7, 11) is 1.63. The minimum atomic E-state index is 0.284. The number of ether oxygens (including phenoxy) is 1. The molecule has 17 heavy (non-hydrogen) atoms. The zero-order valence-corrected chi connectivity index (χ0v) is 11.2. The second-order valence-electron chi connectivity index (χ2n) is 4.34. The Morgan fingerprint density at radius 3 is 2.71 bits per heavy atom. The lowest BCUT2D eigenvalue weighted by Crippen LogP contribution is -2.23. The summed E-state index contributed by atoms with van der Waals surface area (Å²) in [5, 5.41) is 3.47. The van der Waals surface area contributed by atoms with Crippen molar-refractivity contribution in [3.05, 3.63) is 18.1 Å². The van der Waals surface area contributed by atoms with Crippen molar-refractivity contribution in [3.63, 3.8) is 0 Å². The highest BCUT2D eigenvalue weighted by molar-refractivity contribution is 5.16. The highest BCUT2D eigenvalue weighted by atomic mass is 16.5. The molecule has 96 valence electrons. The van der Waals surface area contributed by atoms with Gasteiger partial charge in [-0.15, -0.1) is 0 Å². The van der Waals surface area contributed by atoms with E-state index in [0.29, 0.717) is 11.8 Å². The lowest BCUT2D eigenvalue weighted by atomic mass is 9.97. The molecule has 0 bridgehead atoms. The molecular weight excluding hydrogens is 214 g/mol. The van der Waals surface area contributed by atoms with Crippen LogP contribution in [-0.2, 0) is 0 Å². The zero-order valence-electron chi connectivity index (χ0n) is 11.2. The van der Waals surface area contributed by atoms with Crippen molar-refractivity contribution < 1.29 is 4.74 Å². The molecule has 1 N–H and O–H groups in total. The molecule has 0 radical (unpaired) electrons. The third-order valence-corrected chi connectivity index (χ3v) is 3.01. The average Bonchev–Trinajstić information content (AvgIpc) is 2.38. The normalized spacial score (nSPS) is 14.4. The standard InChI is InChI=1S/C13H23N3O/c1-5-10(3)7-11(14-6-2)12-8-13(17-4)16-9-15-12/h8-11,14H,5-7H2,1-4H3. The summed E-state index contributed by atoms with van der Waals surface area (Å²) < 4.78 is 5.14.